The molecule has 2 spiro atoms. The Hall–Kier alpha value is -5.10. The van der Waals surface area contributed by atoms with Gasteiger partial charge < -0.3 is 20.0 Å². The number of allylic oxidation sites excluding steroid dienone is 3. The molecule has 3 aromatic rings. The summed E-state index contributed by atoms with van der Waals surface area (Å²) in [5.74, 6) is 0.507. The summed E-state index contributed by atoms with van der Waals surface area (Å²) in [5.41, 5.74) is 11.4. The Labute approximate surface area is 273 Å². The summed E-state index contributed by atoms with van der Waals surface area (Å²) in [7, 11) is 1.89. The summed E-state index contributed by atoms with van der Waals surface area (Å²) in [6.07, 6.45) is 9.41. The zero-order chi connectivity index (χ0) is 32.2. The molecule has 0 unspecified atom stereocenters. The first-order valence-electron chi connectivity index (χ1n) is 16.0. The molecule has 3 aliphatic heterocycles. The van der Waals surface area contributed by atoms with Crippen LogP contribution in [0.5, 0.6) is 0 Å². The molecule has 7 rings (SSSR count). The van der Waals surface area contributed by atoms with Gasteiger partial charge >= 0.3 is 0 Å². The second kappa shape index (κ2) is 11.1. The summed E-state index contributed by atoms with van der Waals surface area (Å²) >= 11 is 0. The van der Waals surface area contributed by atoms with Gasteiger partial charge in [-0.25, -0.2) is 0 Å². The molecule has 232 valence electrons. The number of aliphatic imine (C=N–C) groups is 1. The Morgan fingerprint density at radius 1 is 0.913 bits per heavy atom. The minimum absolute atomic E-state index is 0.330. The fourth-order valence-corrected chi connectivity index (χ4v) is 7.41. The molecule has 1 aliphatic carbocycles. The van der Waals surface area contributed by atoms with Crippen LogP contribution >= 0.6 is 0 Å². The lowest BCUT2D eigenvalue weighted by molar-refractivity contribution is 0.157. The number of amidine groups is 1. The number of fused-ring (bicyclic) bond motifs is 1. The third-order valence-corrected chi connectivity index (χ3v) is 9.93. The van der Waals surface area contributed by atoms with Gasteiger partial charge in [-0.2, -0.15) is 0 Å². The Kier molecular flexibility index (Phi) is 7.11. The molecular weight excluding hydrogens is 564 g/mol. The van der Waals surface area contributed by atoms with E-state index in [1.54, 1.807) is 0 Å². The van der Waals surface area contributed by atoms with E-state index in [0.717, 1.165) is 83.9 Å². The number of benzene rings is 3. The number of nitrogens with zero attached hydrogens (tertiary/aromatic N) is 4. The molecule has 2 saturated heterocycles. The average Bonchev–Trinajstić information content (AvgIpc) is 3.83. The van der Waals surface area contributed by atoms with Crippen LogP contribution in [0.2, 0.25) is 0 Å². The van der Waals surface area contributed by atoms with Crippen LogP contribution in [0, 0.1) is 10.8 Å². The van der Waals surface area contributed by atoms with Crippen molar-refractivity contribution in [1.29, 1.82) is 5.41 Å². The van der Waals surface area contributed by atoms with Crippen molar-refractivity contribution in [3.05, 3.63) is 133 Å². The van der Waals surface area contributed by atoms with Crippen molar-refractivity contribution in [2.45, 2.75) is 25.3 Å². The summed E-state index contributed by atoms with van der Waals surface area (Å²) in [6, 6.07) is 21.6. The molecule has 3 aromatic carbocycles. The predicted octanol–water partition coefficient (Wildman–Crippen LogP) is 7.75. The van der Waals surface area contributed by atoms with Crippen LogP contribution in [0.3, 0.4) is 0 Å². The molecule has 0 atom stereocenters. The van der Waals surface area contributed by atoms with Gasteiger partial charge in [-0.3, -0.25) is 10.4 Å². The molecule has 3 fully saturated rings. The normalized spacial score (nSPS) is 19.0. The molecule has 6 heteroatoms. The molecular formula is C40H42N6. The van der Waals surface area contributed by atoms with Gasteiger partial charge in [-0.1, -0.05) is 74.9 Å². The second-order valence-electron chi connectivity index (χ2n) is 13.2. The lowest BCUT2D eigenvalue weighted by Crippen LogP contribution is -2.72. The second-order valence-corrected chi connectivity index (χ2v) is 13.2. The van der Waals surface area contributed by atoms with E-state index < -0.39 is 5.54 Å². The van der Waals surface area contributed by atoms with E-state index >= 15 is 0 Å². The molecule has 0 radical (unpaired) electrons. The maximum absolute atomic E-state index is 9.20. The quantitative estimate of drug-likeness (QED) is 0.245. The molecule has 46 heavy (non-hydrogen) atoms. The van der Waals surface area contributed by atoms with Gasteiger partial charge in [0.1, 0.15) is 11.4 Å². The van der Waals surface area contributed by atoms with Gasteiger partial charge in [-0.15, -0.1) is 0 Å². The zero-order valence-corrected chi connectivity index (χ0v) is 26.9. The van der Waals surface area contributed by atoms with Crippen LogP contribution in [0.15, 0.2) is 110 Å². The third kappa shape index (κ3) is 4.71. The molecule has 3 heterocycles. The standard InChI is InChI=1S/C40H42N6/c1-7-28-11-10-12-35(33(28)9-3)45-25-39(26-45)23-44(24-39)32-16-13-30(14-17-32)37-34-21-31(29(8-2)22-42-6)15-18-36(34)46(27(4)5)38(41)40(43-37)19-20-40/h7-18,21-22,41-42H,1-4,19-20,23-26H2,5-6H3/b29-22+,41-38?. The summed E-state index contributed by atoms with van der Waals surface area (Å²) < 4.78 is 0. The first-order valence-corrected chi connectivity index (χ1v) is 16.0. The van der Waals surface area contributed by atoms with E-state index in [1.165, 1.54) is 16.9 Å². The molecule has 0 amide bonds. The highest BCUT2D eigenvalue weighted by atomic mass is 15.3. The van der Waals surface area contributed by atoms with Gasteiger partial charge in [0.25, 0.3) is 0 Å². The fourth-order valence-electron chi connectivity index (χ4n) is 7.41. The van der Waals surface area contributed by atoms with E-state index in [-0.39, 0.29) is 0 Å². The smallest absolute Gasteiger partial charge is 0.133 e. The Bertz CT molecular complexity index is 1840. The third-order valence-electron chi connectivity index (χ3n) is 9.93. The van der Waals surface area contributed by atoms with Crippen molar-refractivity contribution in [2.75, 3.05) is 47.9 Å². The van der Waals surface area contributed by atoms with Crippen molar-refractivity contribution >= 4 is 46.3 Å². The maximum atomic E-state index is 9.20. The predicted molar refractivity (Wildman–Crippen MR) is 196 cm³/mol. The first-order chi connectivity index (χ1) is 22.2. The van der Waals surface area contributed by atoms with Crippen LogP contribution < -0.4 is 20.0 Å². The average molecular weight is 607 g/mol. The molecule has 4 aliphatic rings. The van der Waals surface area contributed by atoms with Gasteiger partial charge in [0.15, 0.2) is 0 Å². The lowest BCUT2D eigenvalue weighted by Gasteiger charge is -2.62. The Balaban J connectivity index is 1.15. The van der Waals surface area contributed by atoms with E-state index in [0.29, 0.717) is 11.3 Å². The molecule has 0 aromatic heterocycles. The highest BCUT2D eigenvalue weighted by Gasteiger charge is 2.53. The number of anilines is 3. The SMILES string of the molecule is C=C/C(=C\NC)c1ccc2c(c1)C(c1ccc(N3CC4(C3)CN(c3cccc(C=C)c3C=C)C4)cc1)=NC1(CC1)C(=N)N2C(=C)C. The van der Waals surface area contributed by atoms with E-state index in [4.69, 9.17) is 4.99 Å². The minimum atomic E-state index is -0.509. The summed E-state index contributed by atoms with van der Waals surface area (Å²) in [4.78, 5) is 12.3. The molecule has 2 N–H and O–H groups in total. The maximum Gasteiger partial charge on any atom is 0.133 e. The molecule has 6 nitrogen and oxygen atoms in total. The monoisotopic (exact) mass is 606 g/mol. The van der Waals surface area contributed by atoms with Crippen LogP contribution in [-0.4, -0.2) is 50.3 Å². The fraction of sp³-hybridized carbons (Fsp3) is 0.250. The topological polar surface area (TPSA) is 58.0 Å². The van der Waals surface area contributed by atoms with Crippen molar-refractivity contribution in [2.24, 2.45) is 10.4 Å². The van der Waals surface area contributed by atoms with Gasteiger partial charge in [-0.05, 0) is 66.8 Å². The van der Waals surface area contributed by atoms with Crippen molar-refractivity contribution < 1.29 is 0 Å². The Morgan fingerprint density at radius 2 is 1.63 bits per heavy atom. The van der Waals surface area contributed by atoms with Crippen molar-refractivity contribution in [3.63, 3.8) is 0 Å². The highest BCUT2D eigenvalue weighted by Crippen LogP contribution is 2.48. The van der Waals surface area contributed by atoms with Crippen LogP contribution in [0.4, 0.5) is 17.1 Å². The van der Waals surface area contributed by atoms with E-state index in [9.17, 15) is 5.41 Å². The van der Waals surface area contributed by atoms with Crippen LogP contribution in [0.25, 0.3) is 17.7 Å². The number of hydrogen-bond acceptors (Lipinski definition) is 5. The highest BCUT2D eigenvalue weighted by molar-refractivity contribution is 6.23. The van der Waals surface area contributed by atoms with E-state index in [2.05, 4.69) is 102 Å². The lowest BCUT2D eigenvalue weighted by atomic mass is 9.72. The van der Waals surface area contributed by atoms with Gasteiger partial charge in [0.05, 0.1) is 11.4 Å². The molecule has 1 saturated carbocycles. The zero-order valence-electron chi connectivity index (χ0n) is 26.9. The Morgan fingerprint density at radius 3 is 2.24 bits per heavy atom. The summed E-state index contributed by atoms with van der Waals surface area (Å²) in [5, 5.41) is 12.3. The minimum Gasteiger partial charge on any atom is -0.393 e. The number of hydrogen-bond donors (Lipinski definition) is 2. The van der Waals surface area contributed by atoms with Crippen LogP contribution in [-0.2, 0) is 0 Å². The first kappa shape index (κ1) is 29.6. The summed E-state index contributed by atoms with van der Waals surface area (Å²) in [6.45, 7) is 22.5. The van der Waals surface area contributed by atoms with Gasteiger partial charge in [0.2, 0.25) is 0 Å². The van der Waals surface area contributed by atoms with Crippen molar-refractivity contribution in [1.82, 2.24) is 5.32 Å². The number of rotatable bonds is 9. The van der Waals surface area contributed by atoms with Gasteiger partial charge in [0, 0.05) is 78.6 Å². The van der Waals surface area contributed by atoms with E-state index in [1.807, 2.05) is 43.3 Å². The molecule has 0 bridgehead atoms. The van der Waals surface area contributed by atoms with Crippen LogP contribution in [0.1, 0.15) is 47.6 Å². The largest absolute Gasteiger partial charge is 0.393 e. The number of nitrogens with one attached hydrogen (secondary N) is 2. The van der Waals surface area contributed by atoms with Crippen molar-refractivity contribution in [3.8, 4) is 0 Å².